The third-order valence-electron chi connectivity index (χ3n) is 3.71. The summed E-state index contributed by atoms with van der Waals surface area (Å²) in [4.78, 5) is 4.69. The molecule has 1 aliphatic carbocycles. The van der Waals surface area contributed by atoms with Crippen molar-refractivity contribution in [2.45, 2.75) is 32.7 Å². The molecule has 2 rings (SSSR count). The normalized spacial score (nSPS) is 14.0. The number of hydrogen-bond acceptors (Lipinski definition) is 3. The lowest BCUT2D eigenvalue weighted by molar-refractivity contribution is 0.297. The minimum atomic E-state index is 0. The Morgan fingerprint density at radius 3 is 2.79 bits per heavy atom. The van der Waals surface area contributed by atoms with Gasteiger partial charge in [0.2, 0.25) is 0 Å². The fourth-order valence-corrected chi connectivity index (χ4v) is 2.63. The van der Waals surface area contributed by atoms with Crippen molar-refractivity contribution in [1.82, 2.24) is 10.6 Å². The lowest BCUT2D eigenvalue weighted by Crippen LogP contribution is -2.37. The van der Waals surface area contributed by atoms with E-state index >= 15 is 0 Å². The number of ether oxygens (including phenoxy) is 1. The van der Waals surface area contributed by atoms with Crippen molar-refractivity contribution in [2.75, 3.05) is 31.7 Å². The molecule has 1 aromatic rings. The Balaban J connectivity index is 0.00000288. The molecule has 0 aromatic heterocycles. The highest BCUT2D eigenvalue weighted by Gasteiger charge is 2.22. The molecule has 136 valence electrons. The molecule has 2 N–H and O–H groups in total. The standard InChI is InChI=1S/C18H29N3OS.HI/c1-3-19-18(20-11-6-12-23-2)21-13-16-7-4-5-8-17(16)22-14-15-9-10-15;/h4-5,7-8,15H,3,6,9-14H2,1-2H3,(H2,19,20,21);1H. The second kappa shape index (κ2) is 12.7. The molecular formula is C18H30IN3OS. The van der Waals surface area contributed by atoms with Gasteiger partial charge in [0.25, 0.3) is 0 Å². The molecule has 0 radical (unpaired) electrons. The molecule has 0 heterocycles. The number of nitrogens with one attached hydrogen (secondary N) is 2. The second-order valence-electron chi connectivity index (χ2n) is 5.83. The summed E-state index contributed by atoms with van der Waals surface area (Å²) in [5.41, 5.74) is 1.15. The Morgan fingerprint density at radius 1 is 1.29 bits per heavy atom. The van der Waals surface area contributed by atoms with Gasteiger partial charge < -0.3 is 15.4 Å². The van der Waals surface area contributed by atoms with E-state index in [2.05, 4.69) is 29.9 Å². The van der Waals surface area contributed by atoms with Gasteiger partial charge in [-0.15, -0.1) is 24.0 Å². The van der Waals surface area contributed by atoms with Crippen molar-refractivity contribution in [1.29, 1.82) is 0 Å². The monoisotopic (exact) mass is 463 g/mol. The molecular weight excluding hydrogens is 433 g/mol. The summed E-state index contributed by atoms with van der Waals surface area (Å²) < 4.78 is 5.95. The van der Waals surface area contributed by atoms with Crippen molar-refractivity contribution < 1.29 is 4.74 Å². The van der Waals surface area contributed by atoms with E-state index in [0.29, 0.717) is 6.54 Å². The molecule has 0 saturated heterocycles. The van der Waals surface area contributed by atoms with E-state index in [1.165, 1.54) is 18.6 Å². The predicted molar refractivity (Wildman–Crippen MR) is 116 cm³/mol. The second-order valence-corrected chi connectivity index (χ2v) is 6.82. The molecule has 1 aromatic carbocycles. The maximum Gasteiger partial charge on any atom is 0.191 e. The Hall–Kier alpha value is -0.630. The first-order chi connectivity index (χ1) is 11.3. The van der Waals surface area contributed by atoms with E-state index in [-0.39, 0.29) is 24.0 Å². The van der Waals surface area contributed by atoms with E-state index in [1.807, 2.05) is 30.0 Å². The molecule has 0 bridgehead atoms. The van der Waals surface area contributed by atoms with Gasteiger partial charge in [0.1, 0.15) is 5.75 Å². The van der Waals surface area contributed by atoms with E-state index in [1.54, 1.807) is 0 Å². The van der Waals surface area contributed by atoms with Crippen LogP contribution >= 0.6 is 35.7 Å². The van der Waals surface area contributed by atoms with Crippen LogP contribution in [-0.2, 0) is 6.54 Å². The molecule has 0 spiro atoms. The van der Waals surface area contributed by atoms with Crippen molar-refractivity contribution in [3.8, 4) is 5.75 Å². The molecule has 1 fully saturated rings. The molecule has 0 amide bonds. The van der Waals surface area contributed by atoms with Crippen LogP contribution in [0.15, 0.2) is 29.3 Å². The number of thioether (sulfide) groups is 1. The van der Waals surface area contributed by atoms with Crippen LogP contribution in [-0.4, -0.2) is 37.7 Å². The van der Waals surface area contributed by atoms with Gasteiger partial charge in [0, 0.05) is 18.7 Å². The van der Waals surface area contributed by atoms with Crippen LogP contribution in [0.25, 0.3) is 0 Å². The van der Waals surface area contributed by atoms with E-state index in [0.717, 1.165) is 49.3 Å². The fraction of sp³-hybridized carbons (Fsp3) is 0.611. The summed E-state index contributed by atoms with van der Waals surface area (Å²) in [6, 6.07) is 8.23. The van der Waals surface area contributed by atoms with Crippen molar-refractivity contribution >= 4 is 41.7 Å². The third kappa shape index (κ3) is 8.46. The zero-order valence-corrected chi connectivity index (χ0v) is 17.9. The molecule has 0 aliphatic heterocycles. The van der Waals surface area contributed by atoms with Crippen LogP contribution in [0.2, 0.25) is 0 Å². The summed E-state index contributed by atoms with van der Waals surface area (Å²) in [5, 5.41) is 6.69. The van der Waals surface area contributed by atoms with Crippen LogP contribution in [0.5, 0.6) is 5.75 Å². The Kier molecular flexibility index (Phi) is 11.3. The van der Waals surface area contributed by atoms with Gasteiger partial charge in [0.15, 0.2) is 5.96 Å². The Morgan fingerprint density at radius 2 is 2.08 bits per heavy atom. The number of halogens is 1. The molecule has 1 saturated carbocycles. The average molecular weight is 463 g/mol. The maximum atomic E-state index is 5.95. The van der Waals surface area contributed by atoms with Crippen molar-refractivity contribution in [3.63, 3.8) is 0 Å². The van der Waals surface area contributed by atoms with Gasteiger partial charge in [-0.05, 0) is 50.2 Å². The van der Waals surface area contributed by atoms with Crippen LogP contribution < -0.4 is 15.4 Å². The first-order valence-corrected chi connectivity index (χ1v) is 9.94. The highest BCUT2D eigenvalue weighted by molar-refractivity contribution is 14.0. The molecule has 0 atom stereocenters. The number of benzene rings is 1. The smallest absolute Gasteiger partial charge is 0.191 e. The molecule has 1 aliphatic rings. The Labute approximate surface area is 167 Å². The van der Waals surface area contributed by atoms with Crippen LogP contribution in [0.3, 0.4) is 0 Å². The minimum Gasteiger partial charge on any atom is -0.493 e. The SMILES string of the molecule is CCNC(=NCc1ccccc1OCC1CC1)NCCCSC.I. The zero-order chi connectivity index (χ0) is 16.3. The van der Waals surface area contributed by atoms with Crippen LogP contribution in [0.1, 0.15) is 31.7 Å². The summed E-state index contributed by atoms with van der Waals surface area (Å²) in [7, 11) is 0. The summed E-state index contributed by atoms with van der Waals surface area (Å²) in [5.74, 6) is 3.79. The topological polar surface area (TPSA) is 45.7 Å². The lowest BCUT2D eigenvalue weighted by atomic mass is 10.2. The zero-order valence-electron chi connectivity index (χ0n) is 14.7. The van der Waals surface area contributed by atoms with Gasteiger partial charge in [-0.25, -0.2) is 4.99 Å². The Bertz CT molecular complexity index is 495. The summed E-state index contributed by atoms with van der Waals surface area (Å²) in [6.07, 6.45) is 5.90. The number of guanidine groups is 1. The van der Waals surface area contributed by atoms with Crippen LogP contribution in [0, 0.1) is 5.92 Å². The highest BCUT2D eigenvalue weighted by Crippen LogP contribution is 2.30. The molecule has 4 nitrogen and oxygen atoms in total. The van der Waals surface area contributed by atoms with E-state index in [4.69, 9.17) is 9.73 Å². The van der Waals surface area contributed by atoms with Crippen molar-refractivity contribution in [2.24, 2.45) is 10.9 Å². The van der Waals surface area contributed by atoms with Gasteiger partial charge in [-0.2, -0.15) is 11.8 Å². The predicted octanol–water partition coefficient (Wildman–Crippen LogP) is 3.90. The fourth-order valence-electron chi connectivity index (χ4n) is 2.20. The van der Waals surface area contributed by atoms with E-state index in [9.17, 15) is 0 Å². The quantitative estimate of drug-likeness (QED) is 0.239. The van der Waals surface area contributed by atoms with Gasteiger partial charge in [0.05, 0.1) is 13.2 Å². The number of aliphatic imine (C=N–C) groups is 1. The van der Waals surface area contributed by atoms with Crippen molar-refractivity contribution in [3.05, 3.63) is 29.8 Å². The maximum absolute atomic E-state index is 5.95. The molecule has 24 heavy (non-hydrogen) atoms. The molecule has 0 unspecified atom stereocenters. The van der Waals surface area contributed by atoms with Gasteiger partial charge >= 0.3 is 0 Å². The highest BCUT2D eigenvalue weighted by atomic mass is 127. The number of hydrogen-bond donors (Lipinski definition) is 2. The van der Waals surface area contributed by atoms with Crippen LogP contribution in [0.4, 0.5) is 0 Å². The first kappa shape index (κ1) is 21.4. The summed E-state index contributed by atoms with van der Waals surface area (Å²) >= 11 is 1.87. The minimum absolute atomic E-state index is 0. The summed E-state index contributed by atoms with van der Waals surface area (Å²) in [6.45, 7) is 5.39. The number of para-hydroxylation sites is 1. The van der Waals surface area contributed by atoms with E-state index < -0.39 is 0 Å². The third-order valence-corrected chi connectivity index (χ3v) is 4.41. The lowest BCUT2D eigenvalue weighted by Gasteiger charge is -2.13. The van der Waals surface area contributed by atoms with Gasteiger partial charge in [-0.3, -0.25) is 0 Å². The largest absolute Gasteiger partial charge is 0.493 e. The first-order valence-electron chi connectivity index (χ1n) is 8.55. The number of rotatable bonds is 10. The average Bonchev–Trinajstić information content (AvgIpc) is 3.39. The molecule has 6 heteroatoms. The number of nitrogens with zero attached hydrogens (tertiary/aromatic N) is 1. The van der Waals surface area contributed by atoms with Gasteiger partial charge in [-0.1, -0.05) is 18.2 Å².